The van der Waals surface area contributed by atoms with Crippen LogP contribution in [0.4, 0.5) is 5.69 Å². The summed E-state index contributed by atoms with van der Waals surface area (Å²) in [5, 5.41) is 7.36. The van der Waals surface area contributed by atoms with Crippen molar-refractivity contribution in [3.63, 3.8) is 0 Å². The summed E-state index contributed by atoms with van der Waals surface area (Å²) in [5.74, 6) is 1.47. The molecule has 3 N–H and O–H groups in total. The van der Waals surface area contributed by atoms with Gasteiger partial charge in [-0.25, -0.2) is 0 Å². The fourth-order valence-electron chi connectivity index (χ4n) is 3.51. The van der Waals surface area contributed by atoms with Crippen molar-refractivity contribution in [3.05, 3.63) is 66.2 Å². The Morgan fingerprint density at radius 2 is 1.60 bits per heavy atom. The number of nitrogens with two attached hydrogens (primary N) is 1. The number of hydrogen-bond donors (Lipinski definition) is 2. The van der Waals surface area contributed by atoms with Crippen molar-refractivity contribution in [3.8, 4) is 11.5 Å². The van der Waals surface area contributed by atoms with Crippen LogP contribution in [0.5, 0.6) is 11.5 Å². The molecule has 5 nitrogen and oxygen atoms in total. The first-order chi connectivity index (χ1) is 14.5. The fraction of sp³-hybridized carbons (Fsp3) is 0.320. The van der Waals surface area contributed by atoms with Gasteiger partial charge in [-0.05, 0) is 68.8 Å². The van der Waals surface area contributed by atoms with Gasteiger partial charge in [0.25, 0.3) is 5.91 Å². The van der Waals surface area contributed by atoms with Crippen LogP contribution in [0.1, 0.15) is 39.3 Å². The Balaban J connectivity index is 1.65. The van der Waals surface area contributed by atoms with Crippen molar-refractivity contribution in [2.45, 2.75) is 39.8 Å². The van der Waals surface area contributed by atoms with Gasteiger partial charge in [-0.2, -0.15) is 0 Å². The predicted molar refractivity (Wildman–Crippen MR) is 121 cm³/mol. The van der Waals surface area contributed by atoms with Crippen LogP contribution >= 0.6 is 0 Å². The molecule has 0 radical (unpaired) electrons. The van der Waals surface area contributed by atoms with E-state index in [1.807, 2.05) is 75.4 Å². The highest BCUT2D eigenvalue weighted by molar-refractivity contribution is 5.96. The number of carbonyl (C=O) groups excluding carboxylic acids is 1. The standard InChI is InChI=1S/C25H30N2O3/c1-5-29-23-14-12-20(16-24(23)30-6-2)17(3)26-18(4)25(28)27-22-13-11-19-9-7-8-10-21(19)15-22/h7-18,26H,5-6H2,1-4H3,(H,27,28)/p+1/t17-,18-/m0/s1. The molecule has 0 aliphatic rings. The van der Waals surface area contributed by atoms with Gasteiger partial charge in [0.05, 0.1) is 13.2 Å². The Morgan fingerprint density at radius 1 is 0.900 bits per heavy atom. The maximum Gasteiger partial charge on any atom is 0.282 e. The molecule has 1 amide bonds. The molecule has 3 aromatic rings. The van der Waals surface area contributed by atoms with Crippen LogP contribution in [0, 0.1) is 0 Å². The number of hydrogen-bond acceptors (Lipinski definition) is 3. The van der Waals surface area contributed by atoms with Crippen LogP contribution in [0.25, 0.3) is 10.8 Å². The minimum atomic E-state index is -0.242. The van der Waals surface area contributed by atoms with Gasteiger partial charge in [-0.15, -0.1) is 0 Å². The van der Waals surface area contributed by atoms with E-state index in [9.17, 15) is 4.79 Å². The average molecular weight is 408 g/mol. The molecule has 3 aromatic carbocycles. The lowest BCUT2D eigenvalue weighted by molar-refractivity contribution is -0.709. The first kappa shape index (κ1) is 21.7. The van der Waals surface area contributed by atoms with Crippen molar-refractivity contribution in [1.29, 1.82) is 0 Å². The third kappa shape index (κ3) is 5.30. The first-order valence-electron chi connectivity index (χ1n) is 10.6. The van der Waals surface area contributed by atoms with Gasteiger partial charge >= 0.3 is 0 Å². The Labute approximate surface area is 178 Å². The molecule has 3 rings (SSSR count). The van der Waals surface area contributed by atoms with E-state index in [1.165, 1.54) is 0 Å². The van der Waals surface area contributed by atoms with E-state index in [2.05, 4.69) is 23.6 Å². The third-order valence-corrected chi connectivity index (χ3v) is 5.10. The van der Waals surface area contributed by atoms with Gasteiger partial charge in [0.2, 0.25) is 0 Å². The average Bonchev–Trinajstić information content (AvgIpc) is 2.75. The molecule has 0 heterocycles. The monoisotopic (exact) mass is 407 g/mol. The van der Waals surface area contributed by atoms with Gasteiger partial charge in [0.1, 0.15) is 6.04 Å². The largest absolute Gasteiger partial charge is 0.490 e. The highest BCUT2D eigenvalue weighted by Crippen LogP contribution is 2.30. The van der Waals surface area contributed by atoms with E-state index >= 15 is 0 Å². The lowest BCUT2D eigenvalue weighted by Crippen LogP contribution is -2.91. The molecule has 30 heavy (non-hydrogen) atoms. The maximum atomic E-state index is 12.7. The summed E-state index contributed by atoms with van der Waals surface area (Å²) in [6.07, 6.45) is 0. The highest BCUT2D eigenvalue weighted by Gasteiger charge is 2.21. The van der Waals surface area contributed by atoms with Crippen LogP contribution in [0.3, 0.4) is 0 Å². The Kier molecular flexibility index (Phi) is 7.31. The molecule has 0 bridgehead atoms. The van der Waals surface area contributed by atoms with Gasteiger partial charge in [-0.1, -0.05) is 30.3 Å². The van der Waals surface area contributed by atoms with Crippen LogP contribution in [0.2, 0.25) is 0 Å². The van der Waals surface area contributed by atoms with Gasteiger partial charge < -0.3 is 20.1 Å². The molecule has 2 atom stereocenters. The summed E-state index contributed by atoms with van der Waals surface area (Å²) in [6.45, 7) is 9.09. The van der Waals surface area contributed by atoms with Crippen molar-refractivity contribution in [2.75, 3.05) is 18.5 Å². The minimum Gasteiger partial charge on any atom is -0.490 e. The fourth-order valence-corrected chi connectivity index (χ4v) is 3.51. The lowest BCUT2D eigenvalue weighted by atomic mass is 10.1. The zero-order chi connectivity index (χ0) is 21.5. The molecule has 158 valence electrons. The summed E-state index contributed by atoms with van der Waals surface area (Å²) in [7, 11) is 0. The van der Waals surface area contributed by atoms with Crippen LogP contribution < -0.4 is 20.1 Å². The second-order valence-corrected chi connectivity index (χ2v) is 7.39. The van der Waals surface area contributed by atoms with E-state index in [0.717, 1.165) is 33.5 Å². The van der Waals surface area contributed by atoms with Crippen LogP contribution in [-0.2, 0) is 4.79 Å². The minimum absolute atomic E-state index is 0.0203. The van der Waals surface area contributed by atoms with E-state index < -0.39 is 0 Å². The van der Waals surface area contributed by atoms with Crippen molar-refractivity contribution in [1.82, 2.24) is 0 Å². The van der Waals surface area contributed by atoms with Crippen molar-refractivity contribution in [2.24, 2.45) is 0 Å². The van der Waals surface area contributed by atoms with E-state index in [1.54, 1.807) is 0 Å². The number of amides is 1. The predicted octanol–water partition coefficient (Wildman–Crippen LogP) is 4.29. The first-order valence-corrected chi connectivity index (χ1v) is 10.6. The Morgan fingerprint density at radius 3 is 2.33 bits per heavy atom. The van der Waals surface area contributed by atoms with E-state index in [0.29, 0.717) is 13.2 Å². The SMILES string of the molecule is CCOc1ccc([C@H](C)[NH2+][C@@H](C)C(=O)Nc2ccc3ccccc3c2)cc1OCC. The number of nitrogens with one attached hydrogen (secondary N) is 1. The van der Waals surface area contributed by atoms with Gasteiger partial charge in [0.15, 0.2) is 17.5 Å². The summed E-state index contributed by atoms with van der Waals surface area (Å²) < 4.78 is 11.4. The second-order valence-electron chi connectivity index (χ2n) is 7.39. The summed E-state index contributed by atoms with van der Waals surface area (Å²) in [5.41, 5.74) is 1.90. The molecule has 0 spiro atoms. The smallest absolute Gasteiger partial charge is 0.282 e. The Bertz CT molecular complexity index is 1000. The van der Waals surface area contributed by atoms with Crippen LogP contribution in [0.15, 0.2) is 60.7 Å². The van der Waals surface area contributed by atoms with Gasteiger partial charge in [-0.3, -0.25) is 4.79 Å². The maximum absolute atomic E-state index is 12.7. The summed E-state index contributed by atoms with van der Waals surface area (Å²) >= 11 is 0. The third-order valence-electron chi connectivity index (χ3n) is 5.10. The van der Waals surface area contributed by atoms with Crippen LogP contribution in [-0.4, -0.2) is 25.2 Å². The molecule has 0 aromatic heterocycles. The normalized spacial score (nSPS) is 12.9. The number of anilines is 1. The number of carbonyl (C=O) groups is 1. The number of benzene rings is 3. The van der Waals surface area contributed by atoms with E-state index in [4.69, 9.17) is 9.47 Å². The second kappa shape index (κ2) is 10.1. The molecule has 0 fully saturated rings. The number of fused-ring (bicyclic) bond motifs is 1. The Hall–Kier alpha value is -3.05. The zero-order valence-electron chi connectivity index (χ0n) is 18.1. The lowest BCUT2D eigenvalue weighted by Gasteiger charge is -2.19. The topological polar surface area (TPSA) is 64.2 Å². The molecular weight excluding hydrogens is 376 g/mol. The van der Waals surface area contributed by atoms with Crippen molar-refractivity contribution >= 4 is 22.4 Å². The number of quaternary nitrogens is 1. The van der Waals surface area contributed by atoms with Gasteiger partial charge in [0, 0.05) is 11.3 Å². The molecule has 0 saturated heterocycles. The molecule has 0 unspecified atom stereocenters. The summed E-state index contributed by atoms with van der Waals surface area (Å²) in [6, 6.07) is 19.9. The molecule has 0 aliphatic carbocycles. The molecular formula is C25H31N2O3+. The summed E-state index contributed by atoms with van der Waals surface area (Å²) in [4.78, 5) is 12.7. The van der Waals surface area contributed by atoms with Crippen molar-refractivity contribution < 1.29 is 19.6 Å². The number of rotatable bonds is 9. The number of ether oxygens (including phenoxy) is 2. The molecule has 5 heteroatoms. The highest BCUT2D eigenvalue weighted by atomic mass is 16.5. The van der Waals surface area contributed by atoms with E-state index in [-0.39, 0.29) is 18.0 Å². The molecule has 0 aliphatic heterocycles. The molecule has 0 saturated carbocycles. The quantitative estimate of drug-likeness (QED) is 0.556. The zero-order valence-corrected chi connectivity index (χ0v) is 18.1.